The molecule has 0 saturated heterocycles. The minimum Gasteiger partial charge on any atom is -0.339 e. The van der Waals surface area contributed by atoms with Gasteiger partial charge in [-0.25, -0.2) is 10.5 Å². The van der Waals surface area contributed by atoms with E-state index in [2.05, 4.69) is 34.0 Å². The minimum absolute atomic E-state index is 0.331. The molecule has 0 radical (unpaired) electrons. The number of amides is 2. The lowest BCUT2D eigenvalue weighted by Crippen LogP contribution is -2.54. The van der Waals surface area contributed by atoms with Crippen LogP contribution >= 0.6 is 0 Å². The zero-order valence-electron chi connectivity index (χ0n) is 14.9. The van der Waals surface area contributed by atoms with Gasteiger partial charge < -0.3 is 15.6 Å². The van der Waals surface area contributed by atoms with E-state index in [1.54, 1.807) is 48.3 Å². The summed E-state index contributed by atoms with van der Waals surface area (Å²) in [4.78, 5) is 27.7. The third-order valence-electron chi connectivity index (χ3n) is 3.63. The predicted molar refractivity (Wildman–Crippen MR) is 98.2 cm³/mol. The fraction of sp³-hybridized carbons (Fsp3) is 0.211. The van der Waals surface area contributed by atoms with Crippen LogP contribution in [0.25, 0.3) is 0 Å². The number of nitrogens with two attached hydrogens (primary N) is 1. The Bertz CT molecular complexity index is 939. The molecule has 0 spiro atoms. The summed E-state index contributed by atoms with van der Waals surface area (Å²) in [6.07, 6.45) is 3.30. The maximum atomic E-state index is 12.2. The van der Waals surface area contributed by atoms with Gasteiger partial charge in [0.05, 0.1) is 12.5 Å². The van der Waals surface area contributed by atoms with Gasteiger partial charge in [-0.05, 0) is 49.0 Å². The Hall–Kier alpha value is -3.59. The molecule has 27 heavy (non-hydrogen) atoms. The zero-order chi connectivity index (χ0) is 19.8. The maximum Gasteiger partial charge on any atom is 0.267 e. The molecule has 0 aliphatic carbocycles. The molecule has 0 aliphatic heterocycles. The van der Waals surface area contributed by atoms with Crippen molar-refractivity contribution in [3.8, 4) is 23.7 Å². The number of imidazole rings is 1. The summed E-state index contributed by atoms with van der Waals surface area (Å²) >= 11 is 0. The van der Waals surface area contributed by atoms with Crippen LogP contribution in [0.1, 0.15) is 28.5 Å². The summed E-state index contributed by atoms with van der Waals surface area (Å²) in [7, 11) is 1.84. The number of benzene rings is 1. The Morgan fingerprint density at radius 2 is 1.89 bits per heavy atom. The lowest BCUT2D eigenvalue weighted by molar-refractivity contribution is -0.131. The van der Waals surface area contributed by atoms with Gasteiger partial charge in [-0.15, -0.1) is 0 Å². The van der Waals surface area contributed by atoms with Gasteiger partial charge in [0, 0.05) is 24.2 Å². The number of hydrogen-bond donors (Lipinski definition) is 4. The van der Waals surface area contributed by atoms with Crippen molar-refractivity contribution in [2.75, 3.05) is 0 Å². The van der Waals surface area contributed by atoms with Crippen LogP contribution in [0.15, 0.2) is 36.8 Å². The Morgan fingerprint density at radius 3 is 2.44 bits per heavy atom. The van der Waals surface area contributed by atoms with E-state index in [9.17, 15) is 9.59 Å². The molecule has 0 bridgehead atoms. The quantitative estimate of drug-likeness (QED) is 0.339. The zero-order valence-corrected chi connectivity index (χ0v) is 14.9. The van der Waals surface area contributed by atoms with Crippen LogP contribution in [0, 0.1) is 23.7 Å². The number of carbonyl (C=O) groups is 2. The second-order valence-electron chi connectivity index (χ2n) is 5.75. The summed E-state index contributed by atoms with van der Waals surface area (Å²) in [5, 5.41) is 11.2. The van der Waals surface area contributed by atoms with Crippen LogP contribution in [-0.2, 0) is 11.8 Å². The predicted octanol–water partition coefficient (Wildman–Crippen LogP) is -0.226. The van der Waals surface area contributed by atoms with Gasteiger partial charge in [-0.2, -0.15) is 0 Å². The van der Waals surface area contributed by atoms with Crippen LogP contribution in [0.3, 0.4) is 0 Å². The Kier molecular flexibility index (Phi) is 6.73. The van der Waals surface area contributed by atoms with E-state index >= 15 is 0 Å². The summed E-state index contributed by atoms with van der Waals surface area (Å²) < 4.78 is 1.79. The highest BCUT2D eigenvalue weighted by molar-refractivity contribution is 5.97. The molecule has 1 heterocycles. The highest BCUT2D eigenvalue weighted by Crippen LogP contribution is 2.04. The van der Waals surface area contributed by atoms with Gasteiger partial charge in [0.2, 0.25) is 0 Å². The lowest BCUT2D eigenvalue weighted by Gasteiger charge is -2.19. The maximum absolute atomic E-state index is 12.2. The van der Waals surface area contributed by atoms with Crippen molar-refractivity contribution in [3.63, 3.8) is 0 Å². The molecule has 0 unspecified atom stereocenters. The normalized spacial score (nSPS) is 11.9. The molecule has 2 aromatic rings. The van der Waals surface area contributed by atoms with E-state index in [0.717, 1.165) is 5.69 Å². The van der Waals surface area contributed by atoms with Crippen molar-refractivity contribution in [3.05, 3.63) is 53.6 Å². The van der Waals surface area contributed by atoms with Gasteiger partial charge in [0.25, 0.3) is 11.8 Å². The highest BCUT2D eigenvalue weighted by Gasteiger charge is 2.24. The molecular formula is C19H19N5O3. The number of hydrogen-bond acceptors (Lipinski definition) is 5. The molecule has 138 valence electrons. The first-order chi connectivity index (χ1) is 12.9. The van der Waals surface area contributed by atoms with Crippen molar-refractivity contribution in [2.45, 2.75) is 19.0 Å². The number of rotatable bonds is 4. The van der Waals surface area contributed by atoms with Crippen LogP contribution in [0.2, 0.25) is 0 Å². The first kappa shape index (κ1) is 19.7. The standard InChI is InChI=1S/C19H19N5O3/c1-13(20)17(19(26)23-27)22-18(25)15-9-7-14(8-10-15)5-3-4-6-16-11-21-12-24(16)2/h7-13,17,27H,20H2,1-2H3,(H,22,25)(H,23,26)/t13-,17+/m1/s1. The SMILES string of the molecule is C[C@@H](N)[C@H](NC(=O)c1ccc(C#CC#Cc2cncn2C)cc1)C(=O)NO. The van der Waals surface area contributed by atoms with E-state index in [0.29, 0.717) is 11.1 Å². The van der Waals surface area contributed by atoms with Crippen molar-refractivity contribution >= 4 is 11.8 Å². The number of nitrogens with zero attached hydrogens (tertiary/aromatic N) is 2. The molecule has 2 atom stereocenters. The van der Waals surface area contributed by atoms with Gasteiger partial charge in [-0.1, -0.05) is 5.92 Å². The first-order valence-electron chi connectivity index (χ1n) is 8.01. The monoisotopic (exact) mass is 365 g/mol. The molecule has 0 saturated carbocycles. The molecule has 1 aromatic heterocycles. The number of nitrogens with one attached hydrogen (secondary N) is 2. The Balaban J connectivity index is 2.04. The Morgan fingerprint density at radius 1 is 1.22 bits per heavy atom. The van der Waals surface area contributed by atoms with Crippen molar-refractivity contribution in [2.24, 2.45) is 12.8 Å². The van der Waals surface area contributed by atoms with E-state index in [4.69, 9.17) is 10.9 Å². The van der Waals surface area contributed by atoms with Gasteiger partial charge in [-0.3, -0.25) is 14.8 Å². The summed E-state index contributed by atoms with van der Waals surface area (Å²) in [5.74, 6) is 9.96. The second kappa shape index (κ2) is 9.20. The van der Waals surface area contributed by atoms with Crippen molar-refractivity contribution in [1.29, 1.82) is 0 Å². The van der Waals surface area contributed by atoms with Crippen LogP contribution < -0.4 is 16.5 Å². The summed E-state index contributed by atoms with van der Waals surface area (Å²) in [6.45, 7) is 1.55. The minimum atomic E-state index is -1.05. The van der Waals surface area contributed by atoms with E-state index < -0.39 is 23.9 Å². The molecule has 2 amide bonds. The first-order valence-corrected chi connectivity index (χ1v) is 8.01. The second-order valence-corrected chi connectivity index (χ2v) is 5.75. The lowest BCUT2D eigenvalue weighted by atomic mass is 10.1. The highest BCUT2D eigenvalue weighted by atomic mass is 16.5. The van der Waals surface area contributed by atoms with E-state index in [-0.39, 0.29) is 0 Å². The third kappa shape index (κ3) is 5.44. The molecule has 8 nitrogen and oxygen atoms in total. The third-order valence-corrected chi connectivity index (χ3v) is 3.63. The van der Waals surface area contributed by atoms with Gasteiger partial charge in [0.15, 0.2) is 0 Å². The number of hydroxylamine groups is 1. The Labute approximate surface area is 156 Å². The number of carbonyl (C=O) groups excluding carboxylic acids is 2. The van der Waals surface area contributed by atoms with E-state index in [1.165, 1.54) is 5.48 Å². The van der Waals surface area contributed by atoms with Crippen molar-refractivity contribution < 1.29 is 14.8 Å². The summed E-state index contributed by atoms with van der Waals surface area (Å²) in [6, 6.07) is 4.75. The number of aryl methyl sites for hydroxylation is 1. The fourth-order valence-corrected chi connectivity index (χ4v) is 2.11. The molecule has 5 N–H and O–H groups in total. The van der Waals surface area contributed by atoms with E-state index in [1.807, 2.05) is 7.05 Å². The molecule has 2 rings (SSSR count). The molecular weight excluding hydrogens is 346 g/mol. The average molecular weight is 365 g/mol. The fourth-order valence-electron chi connectivity index (χ4n) is 2.11. The van der Waals surface area contributed by atoms with Crippen LogP contribution in [0.5, 0.6) is 0 Å². The largest absolute Gasteiger partial charge is 0.339 e. The van der Waals surface area contributed by atoms with Crippen LogP contribution in [0.4, 0.5) is 0 Å². The topological polar surface area (TPSA) is 122 Å². The average Bonchev–Trinajstić information content (AvgIpc) is 3.07. The summed E-state index contributed by atoms with van der Waals surface area (Å²) in [5.41, 5.74) is 8.91. The molecule has 8 heteroatoms. The van der Waals surface area contributed by atoms with Crippen LogP contribution in [-0.4, -0.2) is 38.7 Å². The number of aromatic nitrogens is 2. The molecule has 0 aliphatic rings. The van der Waals surface area contributed by atoms with Gasteiger partial charge >= 0.3 is 0 Å². The molecule has 1 aromatic carbocycles. The van der Waals surface area contributed by atoms with Crippen molar-refractivity contribution in [1.82, 2.24) is 20.3 Å². The molecule has 0 fully saturated rings. The smallest absolute Gasteiger partial charge is 0.267 e. The van der Waals surface area contributed by atoms with Gasteiger partial charge in [0.1, 0.15) is 11.7 Å².